The van der Waals surface area contributed by atoms with E-state index in [4.69, 9.17) is 5.73 Å². The van der Waals surface area contributed by atoms with Gasteiger partial charge in [-0.3, -0.25) is 0 Å². The van der Waals surface area contributed by atoms with Crippen LogP contribution >= 0.6 is 0 Å². The van der Waals surface area contributed by atoms with E-state index < -0.39 is 0 Å². The van der Waals surface area contributed by atoms with E-state index in [1.807, 2.05) is 6.07 Å². The molecule has 0 aromatic carbocycles. The van der Waals surface area contributed by atoms with Crippen LogP contribution in [0.15, 0.2) is 12.1 Å². The van der Waals surface area contributed by atoms with Crippen LogP contribution in [0, 0.1) is 5.92 Å². The lowest BCUT2D eigenvalue weighted by atomic mass is 9.87. The first-order valence-corrected chi connectivity index (χ1v) is 5.75. The van der Waals surface area contributed by atoms with Crippen molar-refractivity contribution in [1.29, 1.82) is 0 Å². The number of hydrogen-bond acceptors (Lipinski definition) is 5. The van der Waals surface area contributed by atoms with E-state index in [1.54, 1.807) is 6.07 Å². The zero-order valence-electron chi connectivity index (χ0n) is 9.26. The molecule has 0 amide bonds. The van der Waals surface area contributed by atoms with E-state index in [1.165, 1.54) is 6.42 Å². The predicted octanol–water partition coefficient (Wildman–Crippen LogP) is 1.02. The highest BCUT2D eigenvalue weighted by molar-refractivity contribution is 5.38. The SMILES string of the molecule is Nc1ccc(NCC2CCCC(O)C2)nn1. The molecule has 2 rings (SSSR count). The number of nitrogen functional groups attached to an aromatic ring is 1. The average Bonchev–Trinajstić information content (AvgIpc) is 2.28. The molecule has 88 valence electrons. The molecule has 5 heteroatoms. The molecule has 1 heterocycles. The summed E-state index contributed by atoms with van der Waals surface area (Å²) >= 11 is 0. The zero-order chi connectivity index (χ0) is 11.4. The minimum Gasteiger partial charge on any atom is -0.393 e. The van der Waals surface area contributed by atoms with Gasteiger partial charge in [0.2, 0.25) is 0 Å². The van der Waals surface area contributed by atoms with E-state index >= 15 is 0 Å². The third kappa shape index (κ3) is 3.06. The van der Waals surface area contributed by atoms with Crippen LogP contribution < -0.4 is 11.1 Å². The van der Waals surface area contributed by atoms with Crippen molar-refractivity contribution < 1.29 is 5.11 Å². The van der Waals surface area contributed by atoms with Crippen molar-refractivity contribution in [2.45, 2.75) is 31.8 Å². The van der Waals surface area contributed by atoms with Gasteiger partial charge in [-0.1, -0.05) is 6.42 Å². The number of aliphatic hydroxyl groups excluding tert-OH is 1. The zero-order valence-corrected chi connectivity index (χ0v) is 9.26. The highest BCUT2D eigenvalue weighted by atomic mass is 16.3. The Balaban J connectivity index is 1.80. The maximum atomic E-state index is 9.54. The van der Waals surface area contributed by atoms with Gasteiger partial charge in [-0.2, -0.15) is 0 Å². The number of aromatic nitrogens is 2. The summed E-state index contributed by atoms with van der Waals surface area (Å²) in [6.45, 7) is 0.843. The summed E-state index contributed by atoms with van der Waals surface area (Å²) in [5.74, 6) is 1.70. The van der Waals surface area contributed by atoms with Crippen molar-refractivity contribution in [2.24, 2.45) is 5.92 Å². The molecular formula is C11H18N4O. The van der Waals surface area contributed by atoms with E-state index in [-0.39, 0.29) is 6.10 Å². The summed E-state index contributed by atoms with van der Waals surface area (Å²) in [5, 5.41) is 20.5. The Labute approximate surface area is 95.1 Å². The van der Waals surface area contributed by atoms with Crippen LogP contribution in [0.5, 0.6) is 0 Å². The maximum absolute atomic E-state index is 9.54. The fourth-order valence-corrected chi connectivity index (χ4v) is 2.13. The van der Waals surface area contributed by atoms with Crippen LogP contribution in [-0.4, -0.2) is 28.0 Å². The average molecular weight is 222 g/mol. The standard InChI is InChI=1S/C11H18N4O/c12-10-4-5-11(15-14-10)13-7-8-2-1-3-9(16)6-8/h4-5,8-9,16H,1-3,6-7H2,(H2,12,14)(H,13,15). The third-order valence-corrected chi connectivity index (χ3v) is 3.01. The molecule has 1 aliphatic rings. The topological polar surface area (TPSA) is 84.1 Å². The Morgan fingerprint density at radius 2 is 2.25 bits per heavy atom. The summed E-state index contributed by atoms with van der Waals surface area (Å²) in [6, 6.07) is 3.55. The van der Waals surface area contributed by atoms with Gasteiger partial charge in [-0.25, -0.2) is 0 Å². The van der Waals surface area contributed by atoms with E-state index in [0.29, 0.717) is 11.7 Å². The van der Waals surface area contributed by atoms with E-state index in [2.05, 4.69) is 15.5 Å². The van der Waals surface area contributed by atoms with Crippen molar-refractivity contribution in [3.05, 3.63) is 12.1 Å². The molecule has 0 bridgehead atoms. The first-order chi connectivity index (χ1) is 7.74. The lowest BCUT2D eigenvalue weighted by Crippen LogP contribution is -2.25. The second kappa shape index (κ2) is 5.12. The summed E-state index contributed by atoms with van der Waals surface area (Å²) in [4.78, 5) is 0. The number of hydrogen-bond donors (Lipinski definition) is 3. The minimum absolute atomic E-state index is 0.127. The van der Waals surface area contributed by atoms with Gasteiger partial charge in [0.1, 0.15) is 11.6 Å². The highest BCUT2D eigenvalue weighted by Crippen LogP contribution is 2.24. The first-order valence-electron chi connectivity index (χ1n) is 5.75. The number of nitrogens with one attached hydrogen (secondary N) is 1. The van der Waals surface area contributed by atoms with Crippen LogP contribution in [0.3, 0.4) is 0 Å². The molecule has 0 radical (unpaired) electrons. The fourth-order valence-electron chi connectivity index (χ4n) is 2.13. The largest absolute Gasteiger partial charge is 0.393 e. The quantitative estimate of drug-likeness (QED) is 0.711. The number of rotatable bonds is 3. The Kier molecular flexibility index (Phi) is 3.56. The fraction of sp³-hybridized carbons (Fsp3) is 0.636. The van der Waals surface area contributed by atoms with Crippen LogP contribution in [-0.2, 0) is 0 Å². The number of nitrogens with two attached hydrogens (primary N) is 1. The molecule has 1 fully saturated rings. The van der Waals surface area contributed by atoms with Crippen LogP contribution in [0.4, 0.5) is 11.6 Å². The second-order valence-corrected chi connectivity index (χ2v) is 4.41. The second-order valence-electron chi connectivity index (χ2n) is 4.41. The molecule has 16 heavy (non-hydrogen) atoms. The van der Waals surface area contributed by atoms with Crippen molar-refractivity contribution >= 4 is 11.6 Å². The predicted molar refractivity (Wildman–Crippen MR) is 62.9 cm³/mol. The van der Waals surface area contributed by atoms with Crippen molar-refractivity contribution in [1.82, 2.24) is 10.2 Å². The van der Waals surface area contributed by atoms with E-state index in [0.717, 1.165) is 31.6 Å². The van der Waals surface area contributed by atoms with Crippen molar-refractivity contribution in [3.8, 4) is 0 Å². The lowest BCUT2D eigenvalue weighted by Gasteiger charge is -2.25. The summed E-state index contributed by atoms with van der Waals surface area (Å²) in [6.07, 6.45) is 3.99. The Morgan fingerprint density at radius 1 is 1.38 bits per heavy atom. The van der Waals surface area contributed by atoms with Gasteiger partial charge < -0.3 is 16.2 Å². The normalized spacial score (nSPS) is 25.3. The Hall–Kier alpha value is -1.36. The van der Waals surface area contributed by atoms with Gasteiger partial charge in [0.05, 0.1) is 6.10 Å². The molecule has 2 atom stereocenters. The van der Waals surface area contributed by atoms with Crippen LogP contribution in [0.25, 0.3) is 0 Å². The minimum atomic E-state index is -0.127. The molecule has 1 aromatic heterocycles. The molecule has 0 saturated heterocycles. The molecular weight excluding hydrogens is 204 g/mol. The molecule has 1 aliphatic carbocycles. The highest BCUT2D eigenvalue weighted by Gasteiger charge is 2.19. The van der Waals surface area contributed by atoms with Crippen molar-refractivity contribution in [3.63, 3.8) is 0 Å². The molecule has 5 nitrogen and oxygen atoms in total. The number of nitrogens with zero attached hydrogens (tertiary/aromatic N) is 2. The van der Waals surface area contributed by atoms with Crippen molar-refractivity contribution in [2.75, 3.05) is 17.6 Å². The molecule has 2 unspecified atom stereocenters. The molecule has 0 spiro atoms. The van der Waals surface area contributed by atoms with Gasteiger partial charge in [0.25, 0.3) is 0 Å². The summed E-state index contributed by atoms with van der Waals surface area (Å²) in [7, 11) is 0. The Morgan fingerprint density at radius 3 is 2.94 bits per heavy atom. The number of aliphatic hydroxyl groups is 1. The smallest absolute Gasteiger partial charge is 0.148 e. The van der Waals surface area contributed by atoms with E-state index in [9.17, 15) is 5.11 Å². The van der Waals surface area contributed by atoms with Gasteiger partial charge in [-0.15, -0.1) is 10.2 Å². The number of anilines is 2. The third-order valence-electron chi connectivity index (χ3n) is 3.01. The molecule has 4 N–H and O–H groups in total. The summed E-state index contributed by atoms with van der Waals surface area (Å²) < 4.78 is 0. The van der Waals surface area contributed by atoms with Gasteiger partial charge in [0.15, 0.2) is 0 Å². The monoisotopic (exact) mass is 222 g/mol. The molecule has 0 aliphatic heterocycles. The Bertz CT molecular complexity index is 327. The van der Waals surface area contributed by atoms with Crippen LogP contribution in [0.1, 0.15) is 25.7 Å². The van der Waals surface area contributed by atoms with Gasteiger partial charge in [0, 0.05) is 6.54 Å². The van der Waals surface area contributed by atoms with Crippen LogP contribution in [0.2, 0.25) is 0 Å². The molecule has 1 aromatic rings. The van der Waals surface area contributed by atoms with Gasteiger partial charge >= 0.3 is 0 Å². The van der Waals surface area contributed by atoms with Gasteiger partial charge in [-0.05, 0) is 37.3 Å². The lowest BCUT2D eigenvalue weighted by molar-refractivity contribution is 0.104. The maximum Gasteiger partial charge on any atom is 0.148 e. The first kappa shape index (κ1) is 11.1. The summed E-state index contributed by atoms with van der Waals surface area (Å²) in [5.41, 5.74) is 5.45. The molecule has 1 saturated carbocycles.